The van der Waals surface area contributed by atoms with Gasteiger partial charge in [-0.2, -0.15) is 0 Å². The molecule has 1 saturated heterocycles. The third-order valence-corrected chi connectivity index (χ3v) is 3.21. The molecule has 1 aliphatic rings. The maximum atomic E-state index is 11.8. The Morgan fingerprint density at radius 2 is 2.22 bits per heavy atom. The van der Waals surface area contributed by atoms with E-state index in [1.165, 1.54) is 0 Å². The number of carbonyl (C=O) groups excluding carboxylic acids is 2. The summed E-state index contributed by atoms with van der Waals surface area (Å²) in [6, 6.07) is 5.29. The molecule has 1 aliphatic heterocycles. The van der Waals surface area contributed by atoms with Crippen LogP contribution in [0.4, 0.5) is 0 Å². The highest BCUT2D eigenvalue weighted by molar-refractivity contribution is 6.00. The van der Waals surface area contributed by atoms with Crippen LogP contribution in [0.1, 0.15) is 24.4 Å². The van der Waals surface area contributed by atoms with Gasteiger partial charge in [-0.1, -0.05) is 17.3 Å². The molecule has 0 radical (unpaired) electrons. The van der Waals surface area contributed by atoms with E-state index in [-0.39, 0.29) is 11.8 Å². The van der Waals surface area contributed by atoms with Gasteiger partial charge in [-0.15, -0.1) is 5.10 Å². The summed E-state index contributed by atoms with van der Waals surface area (Å²) >= 11 is 0. The lowest BCUT2D eigenvalue weighted by atomic mass is 10.1. The highest BCUT2D eigenvalue weighted by atomic mass is 16.2. The number of carbonyl (C=O) groups is 2. The maximum absolute atomic E-state index is 11.8. The zero-order chi connectivity index (χ0) is 12.7. The second kappa shape index (κ2) is 3.90. The summed E-state index contributed by atoms with van der Waals surface area (Å²) in [4.78, 5) is 22.9. The highest BCUT2D eigenvalue weighted by Gasteiger charge is 2.30. The maximum Gasteiger partial charge on any atom is 0.251 e. The molecule has 0 bridgehead atoms. The second-order valence-corrected chi connectivity index (χ2v) is 4.44. The molecule has 1 atom stereocenters. The molecule has 92 valence electrons. The Morgan fingerprint density at radius 3 is 3.00 bits per heavy atom. The van der Waals surface area contributed by atoms with Crippen molar-refractivity contribution in [2.24, 2.45) is 0 Å². The predicted octanol–water partition coefficient (Wildman–Crippen LogP) is 0.717. The third kappa shape index (κ3) is 1.57. The van der Waals surface area contributed by atoms with Gasteiger partial charge < -0.3 is 0 Å². The standard InChI is InChI=1S/C12H12N4O2/c1-7-3-2-4-8-11(7)14-15-16(8)9-5-6-10(17)13-12(9)18/h2-4,9H,5-6H2,1H3,(H,13,17,18). The first-order chi connectivity index (χ1) is 8.66. The average Bonchev–Trinajstić information content (AvgIpc) is 2.74. The fourth-order valence-electron chi connectivity index (χ4n) is 2.25. The summed E-state index contributed by atoms with van der Waals surface area (Å²) < 4.78 is 1.60. The average molecular weight is 244 g/mol. The smallest absolute Gasteiger partial charge is 0.251 e. The van der Waals surface area contributed by atoms with E-state index in [1.54, 1.807) is 4.68 Å². The molecule has 1 unspecified atom stereocenters. The summed E-state index contributed by atoms with van der Waals surface area (Å²) in [5.74, 6) is -0.531. The molecule has 1 aromatic heterocycles. The van der Waals surface area contributed by atoms with Crippen molar-refractivity contribution in [3.63, 3.8) is 0 Å². The van der Waals surface area contributed by atoms with Gasteiger partial charge in [0.2, 0.25) is 5.91 Å². The number of imide groups is 1. The summed E-state index contributed by atoms with van der Waals surface area (Å²) in [5, 5.41) is 10.5. The zero-order valence-electron chi connectivity index (χ0n) is 9.88. The first-order valence-corrected chi connectivity index (χ1v) is 5.81. The molecule has 1 aromatic carbocycles. The normalized spacial score (nSPS) is 20.2. The fourth-order valence-corrected chi connectivity index (χ4v) is 2.25. The number of rotatable bonds is 1. The molecule has 0 saturated carbocycles. The highest BCUT2D eigenvalue weighted by Crippen LogP contribution is 2.23. The first kappa shape index (κ1) is 10.9. The predicted molar refractivity (Wildman–Crippen MR) is 63.7 cm³/mol. The molecule has 18 heavy (non-hydrogen) atoms. The quantitative estimate of drug-likeness (QED) is 0.750. The van der Waals surface area contributed by atoms with Crippen molar-refractivity contribution >= 4 is 22.8 Å². The molecule has 6 heteroatoms. The molecule has 0 aliphatic carbocycles. The minimum atomic E-state index is -0.450. The molecule has 2 heterocycles. The van der Waals surface area contributed by atoms with E-state index in [4.69, 9.17) is 0 Å². The molecule has 2 aromatic rings. The van der Waals surface area contributed by atoms with E-state index in [1.807, 2.05) is 25.1 Å². The van der Waals surface area contributed by atoms with Crippen molar-refractivity contribution < 1.29 is 9.59 Å². The topological polar surface area (TPSA) is 76.9 Å². The molecule has 3 rings (SSSR count). The van der Waals surface area contributed by atoms with Gasteiger partial charge in [0.05, 0.1) is 5.52 Å². The fraction of sp³-hybridized carbons (Fsp3) is 0.333. The summed E-state index contributed by atoms with van der Waals surface area (Å²) in [7, 11) is 0. The van der Waals surface area contributed by atoms with Crippen LogP contribution in [0.25, 0.3) is 11.0 Å². The monoisotopic (exact) mass is 244 g/mol. The van der Waals surface area contributed by atoms with Crippen LogP contribution in [0.3, 0.4) is 0 Å². The second-order valence-electron chi connectivity index (χ2n) is 4.44. The van der Waals surface area contributed by atoms with Crippen LogP contribution in [0.5, 0.6) is 0 Å². The van der Waals surface area contributed by atoms with Gasteiger partial charge in [-0.3, -0.25) is 14.9 Å². The van der Waals surface area contributed by atoms with Crippen molar-refractivity contribution in [1.29, 1.82) is 0 Å². The molecular weight excluding hydrogens is 232 g/mol. The Kier molecular flexibility index (Phi) is 2.36. The Hall–Kier alpha value is -2.24. The molecule has 6 nitrogen and oxygen atoms in total. The van der Waals surface area contributed by atoms with Gasteiger partial charge in [-0.05, 0) is 25.0 Å². The van der Waals surface area contributed by atoms with Crippen molar-refractivity contribution in [3.05, 3.63) is 23.8 Å². The first-order valence-electron chi connectivity index (χ1n) is 5.81. The minimum Gasteiger partial charge on any atom is -0.295 e. The van der Waals surface area contributed by atoms with E-state index < -0.39 is 6.04 Å². The Labute approximate surface area is 103 Å². The van der Waals surface area contributed by atoms with E-state index in [0.29, 0.717) is 12.8 Å². The Bertz CT molecular complexity index is 647. The molecule has 1 fully saturated rings. The van der Waals surface area contributed by atoms with Crippen molar-refractivity contribution in [2.75, 3.05) is 0 Å². The Balaban J connectivity index is 2.07. The summed E-state index contributed by atoms with van der Waals surface area (Å²) in [5.41, 5.74) is 2.64. The van der Waals surface area contributed by atoms with Crippen molar-refractivity contribution in [1.82, 2.24) is 20.3 Å². The number of fused-ring (bicyclic) bond motifs is 1. The van der Waals surface area contributed by atoms with E-state index >= 15 is 0 Å². The molecular formula is C12H12N4O2. The van der Waals surface area contributed by atoms with Gasteiger partial charge in [0, 0.05) is 6.42 Å². The van der Waals surface area contributed by atoms with Gasteiger partial charge in [0.1, 0.15) is 11.6 Å². The van der Waals surface area contributed by atoms with Crippen molar-refractivity contribution in [2.45, 2.75) is 25.8 Å². The number of piperidine rings is 1. The lowest BCUT2D eigenvalue weighted by molar-refractivity contribution is -0.135. The van der Waals surface area contributed by atoms with E-state index in [0.717, 1.165) is 16.6 Å². The minimum absolute atomic E-state index is 0.225. The van der Waals surface area contributed by atoms with Crippen molar-refractivity contribution in [3.8, 4) is 0 Å². The van der Waals surface area contributed by atoms with Crippen LogP contribution < -0.4 is 5.32 Å². The summed E-state index contributed by atoms with van der Waals surface area (Å²) in [6.07, 6.45) is 0.806. The lowest BCUT2D eigenvalue weighted by Crippen LogP contribution is -2.42. The SMILES string of the molecule is Cc1cccc2c1nnn2C1CCC(=O)NC1=O. The van der Waals surface area contributed by atoms with Crippen LogP contribution in [-0.4, -0.2) is 26.8 Å². The van der Waals surface area contributed by atoms with Crippen LogP contribution in [-0.2, 0) is 9.59 Å². The van der Waals surface area contributed by atoms with Gasteiger partial charge in [-0.25, -0.2) is 4.68 Å². The van der Waals surface area contributed by atoms with E-state index in [2.05, 4.69) is 15.6 Å². The lowest BCUT2D eigenvalue weighted by Gasteiger charge is -2.20. The van der Waals surface area contributed by atoms with Crippen LogP contribution in [0, 0.1) is 6.92 Å². The van der Waals surface area contributed by atoms with Gasteiger partial charge in [0.25, 0.3) is 5.91 Å². The van der Waals surface area contributed by atoms with Gasteiger partial charge in [0.15, 0.2) is 0 Å². The number of aromatic nitrogens is 3. The number of aryl methyl sites for hydroxylation is 1. The zero-order valence-corrected chi connectivity index (χ0v) is 9.88. The van der Waals surface area contributed by atoms with Crippen LogP contribution in [0.15, 0.2) is 18.2 Å². The van der Waals surface area contributed by atoms with Crippen LogP contribution in [0.2, 0.25) is 0 Å². The molecule has 2 amide bonds. The number of nitrogens with zero attached hydrogens (tertiary/aromatic N) is 3. The summed E-state index contributed by atoms with van der Waals surface area (Å²) in [6.45, 7) is 1.95. The van der Waals surface area contributed by atoms with Gasteiger partial charge >= 0.3 is 0 Å². The van der Waals surface area contributed by atoms with Crippen LogP contribution >= 0.6 is 0 Å². The number of benzene rings is 1. The number of hydrogen-bond donors (Lipinski definition) is 1. The van der Waals surface area contributed by atoms with E-state index in [9.17, 15) is 9.59 Å². The number of nitrogens with one attached hydrogen (secondary N) is 1. The molecule has 1 N–H and O–H groups in total. The Morgan fingerprint density at radius 1 is 1.39 bits per heavy atom. The number of amides is 2. The number of hydrogen-bond acceptors (Lipinski definition) is 4. The largest absolute Gasteiger partial charge is 0.295 e. The molecule has 0 spiro atoms. The third-order valence-electron chi connectivity index (χ3n) is 3.21.